The molecule has 112 valence electrons. The van der Waals surface area contributed by atoms with E-state index >= 15 is 0 Å². The summed E-state index contributed by atoms with van der Waals surface area (Å²) >= 11 is 0. The summed E-state index contributed by atoms with van der Waals surface area (Å²) in [6, 6.07) is 8.53. The van der Waals surface area contributed by atoms with E-state index in [1.54, 1.807) is 7.11 Å². The molecular formula is C17H28N2O. The molecule has 20 heavy (non-hydrogen) atoms. The van der Waals surface area contributed by atoms with E-state index in [-0.39, 0.29) is 6.04 Å². The normalized spacial score (nSPS) is 19.2. The standard InChI is InChI=1S/C17H28N2O/c1-13(2)14-8-10-19(11-9-14)16(12-18)15-6-4-5-7-17(15)20-3/h4-7,13-14,16H,8-12,18H2,1-3H3. The van der Waals surface area contributed by atoms with Gasteiger partial charge in [0.15, 0.2) is 0 Å². The van der Waals surface area contributed by atoms with Crippen molar-refractivity contribution in [3.8, 4) is 5.75 Å². The van der Waals surface area contributed by atoms with Gasteiger partial charge in [-0.1, -0.05) is 32.0 Å². The number of ether oxygens (including phenoxy) is 1. The molecule has 1 atom stereocenters. The van der Waals surface area contributed by atoms with E-state index in [1.807, 2.05) is 12.1 Å². The highest BCUT2D eigenvalue weighted by atomic mass is 16.5. The van der Waals surface area contributed by atoms with Gasteiger partial charge in [0.2, 0.25) is 0 Å². The first kappa shape index (κ1) is 15.3. The van der Waals surface area contributed by atoms with Gasteiger partial charge in [0.1, 0.15) is 5.75 Å². The molecule has 0 aliphatic carbocycles. The number of nitrogens with two attached hydrogens (primary N) is 1. The molecule has 0 bridgehead atoms. The lowest BCUT2D eigenvalue weighted by atomic mass is 9.86. The Kier molecular flexibility index (Phi) is 5.44. The van der Waals surface area contributed by atoms with E-state index in [4.69, 9.17) is 10.5 Å². The molecule has 1 aliphatic rings. The summed E-state index contributed by atoms with van der Waals surface area (Å²) in [4.78, 5) is 2.52. The van der Waals surface area contributed by atoms with Crippen LogP contribution in [0.15, 0.2) is 24.3 Å². The Bertz CT molecular complexity index is 411. The van der Waals surface area contributed by atoms with Crippen molar-refractivity contribution in [2.24, 2.45) is 17.6 Å². The predicted molar refractivity (Wildman–Crippen MR) is 83.9 cm³/mol. The maximum absolute atomic E-state index is 6.06. The minimum Gasteiger partial charge on any atom is -0.496 e. The molecular weight excluding hydrogens is 248 g/mol. The van der Waals surface area contributed by atoms with Crippen LogP contribution in [0.3, 0.4) is 0 Å². The van der Waals surface area contributed by atoms with Crippen molar-refractivity contribution in [2.75, 3.05) is 26.7 Å². The van der Waals surface area contributed by atoms with Gasteiger partial charge in [0, 0.05) is 12.1 Å². The van der Waals surface area contributed by atoms with E-state index in [9.17, 15) is 0 Å². The van der Waals surface area contributed by atoms with Gasteiger partial charge in [-0.05, 0) is 43.8 Å². The number of methoxy groups -OCH3 is 1. The number of hydrogen-bond donors (Lipinski definition) is 1. The van der Waals surface area contributed by atoms with Crippen molar-refractivity contribution in [3.63, 3.8) is 0 Å². The topological polar surface area (TPSA) is 38.5 Å². The van der Waals surface area contributed by atoms with Crippen LogP contribution < -0.4 is 10.5 Å². The van der Waals surface area contributed by atoms with Crippen LogP contribution in [0.4, 0.5) is 0 Å². The smallest absolute Gasteiger partial charge is 0.123 e. The molecule has 1 aromatic rings. The summed E-state index contributed by atoms with van der Waals surface area (Å²) in [5.74, 6) is 2.61. The fraction of sp³-hybridized carbons (Fsp3) is 0.647. The highest BCUT2D eigenvalue weighted by molar-refractivity contribution is 5.36. The van der Waals surface area contributed by atoms with Gasteiger partial charge >= 0.3 is 0 Å². The van der Waals surface area contributed by atoms with Crippen LogP contribution >= 0.6 is 0 Å². The second-order valence-corrected chi connectivity index (χ2v) is 6.11. The molecule has 3 nitrogen and oxygen atoms in total. The zero-order valence-corrected chi connectivity index (χ0v) is 13.0. The third kappa shape index (κ3) is 3.33. The maximum Gasteiger partial charge on any atom is 0.123 e. The number of para-hydroxylation sites is 1. The molecule has 1 fully saturated rings. The number of likely N-dealkylation sites (tertiary alicyclic amines) is 1. The van der Waals surface area contributed by atoms with E-state index in [2.05, 4.69) is 30.9 Å². The Balaban J connectivity index is 2.09. The molecule has 1 saturated heterocycles. The molecule has 1 aromatic carbocycles. The molecule has 1 aliphatic heterocycles. The Labute approximate surface area is 123 Å². The fourth-order valence-corrected chi connectivity index (χ4v) is 3.31. The first-order chi connectivity index (χ1) is 9.67. The largest absolute Gasteiger partial charge is 0.496 e. The number of piperidine rings is 1. The minimum absolute atomic E-state index is 0.277. The second kappa shape index (κ2) is 7.09. The van der Waals surface area contributed by atoms with E-state index in [0.29, 0.717) is 6.54 Å². The van der Waals surface area contributed by atoms with Crippen molar-refractivity contribution in [1.82, 2.24) is 4.90 Å². The summed E-state index contributed by atoms with van der Waals surface area (Å²) in [5.41, 5.74) is 7.28. The number of nitrogens with zero attached hydrogens (tertiary/aromatic N) is 1. The summed E-state index contributed by atoms with van der Waals surface area (Å²) < 4.78 is 5.50. The van der Waals surface area contributed by atoms with Crippen LogP contribution in [0, 0.1) is 11.8 Å². The molecule has 2 N–H and O–H groups in total. The molecule has 3 heteroatoms. The number of hydrogen-bond acceptors (Lipinski definition) is 3. The van der Waals surface area contributed by atoms with Gasteiger partial charge in [-0.3, -0.25) is 4.90 Å². The zero-order chi connectivity index (χ0) is 14.5. The van der Waals surface area contributed by atoms with Crippen molar-refractivity contribution in [1.29, 1.82) is 0 Å². The Morgan fingerprint density at radius 1 is 1.25 bits per heavy atom. The summed E-state index contributed by atoms with van der Waals surface area (Å²) in [6.45, 7) is 7.60. The first-order valence-corrected chi connectivity index (χ1v) is 7.74. The molecule has 0 aromatic heterocycles. The lowest BCUT2D eigenvalue weighted by Gasteiger charge is -2.38. The Morgan fingerprint density at radius 2 is 1.90 bits per heavy atom. The van der Waals surface area contributed by atoms with Gasteiger partial charge < -0.3 is 10.5 Å². The predicted octanol–water partition coefficient (Wildman–Crippen LogP) is 3.06. The number of benzene rings is 1. The molecule has 2 rings (SSSR count). The Hall–Kier alpha value is -1.06. The first-order valence-electron chi connectivity index (χ1n) is 7.74. The second-order valence-electron chi connectivity index (χ2n) is 6.11. The van der Waals surface area contributed by atoms with E-state index in [0.717, 1.165) is 30.7 Å². The van der Waals surface area contributed by atoms with Gasteiger partial charge in [-0.15, -0.1) is 0 Å². The van der Waals surface area contributed by atoms with Crippen molar-refractivity contribution < 1.29 is 4.74 Å². The van der Waals surface area contributed by atoms with Gasteiger partial charge in [-0.25, -0.2) is 0 Å². The molecule has 0 spiro atoms. The van der Waals surface area contributed by atoms with Crippen molar-refractivity contribution in [3.05, 3.63) is 29.8 Å². The third-order valence-corrected chi connectivity index (χ3v) is 4.68. The lowest BCUT2D eigenvalue weighted by molar-refractivity contribution is 0.116. The lowest BCUT2D eigenvalue weighted by Crippen LogP contribution is -2.40. The summed E-state index contributed by atoms with van der Waals surface area (Å²) in [6.07, 6.45) is 2.56. The maximum atomic E-state index is 6.06. The van der Waals surface area contributed by atoms with Gasteiger partial charge in [-0.2, -0.15) is 0 Å². The van der Waals surface area contributed by atoms with Gasteiger partial charge in [0.05, 0.1) is 13.2 Å². The van der Waals surface area contributed by atoms with Crippen LogP contribution in [-0.4, -0.2) is 31.6 Å². The van der Waals surface area contributed by atoms with Crippen LogP contribution in [0.2, 0.25) is 0 Å². The number of rotatable bonds is 5. The summed E-state index contributed by atoms with van der Waals surface area (Å²) in [5, 5.41) is 0. The zero-order valence-electron chi connectivity index (χ0n) is 13.0. The van der Waals surface area contributed by atoms with E-state index in [1.165, 1.54) is 18.4 Å². The highest BCUT2D eigenvalue weighted by Gasteiger charge is 2.27. The van der Waals surface area contributed by atoms with Crippen molar-refractivity contribution in [2.45, 2.75) is 32.7 Å². The third-order valence-electron chi connectivity index (χ3n) is 4.68. The summed E-state index contributed by atoms with van der Waals surface area (Å²) in [7, 11) is 1.73. The van der Waals surface area contributed by atoms with Gasteiger partial charge in [0.25, 0.3) is 0 Å². The molecule has 0 amide bonds. The van der Waals surface area contributed by atoms with Crippen LogP contribution in [0.25, 0.3) is 0 Å². The molecule has 1 heterocycles. The monoisotopic (exact) mass is 276 g/mol. The van der Waals surface area contributed by atoms with Crippen LogP contribution in [-0.2, 0) is 0 Å². The van der Waals surface area contributed by atoms with E-state index < -0.39 is 0 Å². The fourth-order valence-electron chi connectivity index (χ4n) is 3.31. The molecule has 0 saturated carbocycles. The molecule has 1 unspecified atom stereocenters. The SMILES string of the molecule is COc1ccccc1C(CN)N1CCC(C(C)C)CC1. The van der Waals surface area contributed by atoms with Crippen LogP contribution in [0.1, 0.15) is 38.3 Å². The quantitative estimate of drug-likeness (QED) is 0.898. The molecule has 0 radical (unpaired) electrons. The minimum atomic E-state index is 0.277. The van der Waals surface area contributed by atoms with Crippen molar-refractivity contribution >= 4 is 0 Å². The average molecular weight is 276 g/mol. The highest BCUT2D eigenvalue weighted by Crippen LogP contribution is 2.33. The Morgan fingerprint density at radius 3 is 2.45 bits per heavy atom. The average Bonchev–Trinajstić information content (AvgIpc) is 2.49. The van der Waals surface area contributed by atoms with Crippen LogP contribution in [0.5, 0.6) is 5.75 Å².